The summed E-state index contributed by atoms with van der Waals surface area (Å²) >= 11 is 0. The Bertz CT molecular complexity index is 939. The van der Waals surface area contributed by atoms with Gasteiger partial charge in [-0.25, -0.2) is 8.42 Å². The number of nitrogen functional groups attached to an aromatic ring is 1. The lowest BCUT2D eigenvalue weighted by atomic mass is 9.94. The number of hydrogen-bond donors (Lipinski definition) is 2. The van der Waals surface area contributed by atoms with Gasteiger partial charge in [0.1, 0.15) is 0 Å². The van der Waals surface area contributed by atoms with Crippen LogP contribution in [0.4, 0.5) is 11.4 Å². The van der Waals surface area contributed by atoms with Gasteiger partial charge in [0.05, 0.1) is 16.3 Å². The Hall–Kier alpha value is -2.09. The largest absolute Gasteiger partial charge is 0.397 e. The summed E-state index contributed by atoms with van der Waals surface area (Å²) in [6, 6.07) is 13.1. The highest BCUT2D eigenvalue weighted by Crippen LogP contribution is 2.27. The number of carbonyl (C=O) groups is 1. The molecule has 0 spiro atoms. The summed E-state index contributed by atoms with van der Waals surface area (Å²) in [4.78, 5) is 12.7. The van der Waals surface area contributed by atoms with E-state index in [2.05, 4.69) is 19.2 Å². The van der Waals surface area contributed by atoms with Crippen LogP contribution in [0.5, 0.6) is 0 Å². The smallest absolute Gasteiger partial charge is 0.255 e. The molecule has 6 nitrogen and oxygen atoms in total. The molecule has 28 heavy (non-hydrogen) atoms. The topological polar surface area (TPSA) is 92.5 Å². The molecule has 0 aliphatic carbocycles. The van der Waals surface area contributed by atoms with Crippen molar-refractivity contribution in [3.8, 4) is 0 Å². The number of carbonyl (C=O) groups excluding carboxylic acids is 1. The van der Waals surface area contributed by atoms with E-state index in [1.807, 2.05) is 0 Å². The molecule has 1 heterocycles. The van der Waals surface area contributed by atoms with Gasteiger partial charge in [-0.3, -0.25) is 4.79 Å². The van der Waals surface area contributed by atoms with Crippen LogP contribution in [-0.2, 0) is 10.0 Å². The summed E-state index contributed by atoms with van der Waals surface area (Å²) in [5.74, 6) is 0.234. The number of benzene rings is 2. The van der Waals surface area contributed by atoms with E-state index in [4.69, 9.17) is 5.73 Å². The molecule has 1 aliphatic rings. The number of nitrogens with two attached hydrogens (primary N) is 1. The molecule has 1 saturated heterocycles. The molecule has 152 valence electrons. The van der Waals surface area contributed by atoms with E-state index in [1.54, 1.807) is 36.4 Å². The number of halogens is 1. The number of nitrogens with zero attached hydrogens (tertiary/aromatic N) is 1. The maximum atomic E-state index is 13.0. The first-order chi connectivity index (χ1) is 12.8. The van der Waals surface area contributed by atoms with E-state index < -0.39 is 15.9 Å². The van der Waals surface area contributed by atoms with Crippen LogP contribution in [0.25, 0.3) is 0 Å². The van der Waals surface area contributed by atoms with Crippen LogP contribution < -0.4 is 11.1 Å². The fourth-order valence-electron chi connectivity index (χ4n) is 3.55. The van der Waals surface area contributed by atoms with E-state index in [1.165, 1.54) is 16.4 Å². The second-order valence-corrected chi connectivity index (χ2v) is 9.28. The van der Waals surface area contributed by atoms with E-state index >= 15 is 0 Å². The maximum Gasteiger partial charge on any atom is 0.255 e. The molecule has 0 aromatic heterocycles. The minimum Gasteiger partial charge on any atom is -0.397 e. The maximum absolute atomic E-state index is 13.0. The molecule has 3 rings (SSSR count). The van der Waals surface area contributed by atoms with Crippen molar-refractivity contribution in [1.82, 2.24) is 4.31 Å². The molecule has 1 aliphatic heterocycles. The number of nitrogens with one attached hydrogen (secondary N) is 1. The van der Waals surface area contributed by atoms with Crippen molar-refractivity contribution in [1.29, 1.82) is 0 Å². The van der Waals surface area contributed by atoms with E-state index in [0.29, 0.717) is 36.3 Å². The Labute approximate surface area is 172 Å². The molecular formula is C20H26ClN3O3S. The van der Waals surface area contributed by atoms with Gasteiger partial charge in [-0.15, -0.1) is 12.4 Å². The number of sulfonamides is 1. The minimum atomic E-state index is -3.64. The van der Waals surface area contributed by atoms with Gasteiger partial charge >= 0.3 is 0 Å². The second-order valence-electron chi connectivity index (χ2n) is 7.34. The molecule has 2 unspecified atom stereocenters. The van der Waals surface area contributed by atoms with Crippen LogP contribution in [0.15, 0.2) is 53.4 Å². The third kappa shape index (κ3) is 4.84. The van der Waals surface area contributed by atoms with Gasteiger partial charge in [-0.1, -0.05) is 32.0 Å². The normalized spacial score (nSPS) is 20.2. The highest BCUT2D eigenvalue weighted by atomic mass is 35.5. The Morgan fingerprint density at radius 2 is 1.71 bits per heavy atom. The number of rotatable bonds is 4. The minimum absolute atomic E-state index is 0. The van der Waals surface area contributed by atoms with Crippen molar-refractivity contribution in [2.75, 3.05) is 24.1 Å². The number of anilines is 2. The molecular weight excluding hydrogens is 398 g/mol. The molecule has 1 amide bonds. The molecule has 2 aromatic carbocycles. The summed E-state index contributed by atoms with van der Waals surface area (Å²) in [6.45, 7) is 5.13. The lowest BCUT2D eigenvalue weighted by Gasteiger charge is -2.34. The third-order valence-electron chi connectivity index (χ3n) is 4.78. The predicted octanol–water partition coefficient (Wildman–Crippen LogP) is 3.61. The van der Waals surface area contributed by atoms with E-state index in [0.717, 1.165) is 6.42 Å². The van der Waals surface area contributed by atoms with Gasteiger partial charge < -0.3 is 11.1 Å². The van der Waals surface area contributed by atoms with Crippen LogP contribution >= 0.6 is 12.4 Å². The number of para-hydroxylation sites is 2. The summed E-state index contributed by atoms with van der Waals surface area (Å²) < 4.78 is 27.6. The Morgan fingerprint density at radius 3 is 2.36 bits per heavy atom. The van der Waals surface area contributed by atoms with Crippen LogP contribution in [0.1, 0.15) is 30.6 Å². The first-order valence-corrected chi connectivity index (χ1v) is 10.5. The van der Waals surface area contributed by atoms with Crippen molar-refractivity contribution in [2.24, 2.45) is 11.8 Å². The highest BCUT2D eigenvalue weighted by molar-refractivity contribution is 7.89. The third-order valence-corrected chi connectivity index (χ3v) is 6.61. The van der Waals surface area contributed by atoms with Crippen molar-refractivity contribution >= 4 is 39.7 Å². The fraction of sp³-hybridized carbons (Fsp3) is 0.350. The predicted molar refractivity (Wildman–Crippen MR) is 114 cm³/mol. The van der Waals surface area contributed by atoms with Gasteiger partial charge in [0.25, 0.3) is 5.91 Å². The zero-order chi connectivity index (χ0) is 19.6. The Balaban J connectivity index is 0.00000280. The molecule has 2 aromatic rings. The average molecular weight is 424 g/mol. The monoisotopic (exact) mass is 423 g/mol. The summed E-state index contributed by atoms with van der Waals surface area (Å²) in [5, 5.41) is 2.73. The van der Waals surface area contributed by atoms with Gasteiger partial charge in [-0.2, -0.15) is 4.31 Å². The summed E-state index contributed by atoms with van der Waals surface area (Å²) in [6.07, 6.45) is 1.02. The molecule has 0 bridgehead atoms. The van der Waals surface area contributed by atoms with Crippen LogP contribution in [-0.4, -0.2) is 31.7 Å². The van der Waals surface area contributed by atoms with Crippen molar-refractivity contribution in [2.45, 2.75) is 25.2 Å². The highest BCUT2D eigenvalue weighted by Gasteiger charge is 2.31. The van der Waals surface area contributed by atoms with Crippen LogP contribution in [0.2, 0.25) is 0 Å². The van der Waals surface area contributed by atoms with Crippen molar-refractivity contribution in [3.05, 3.63) is 54.1 Å². The molecule has 8 heteroatoms. The van der Waals surface area contributed by atoms with Crippen LogP contribution in [0.3, 0.4) is 0 Å². The van der Waals surface area contributed by atoms with Gasteiger partial charge in [-0.05, 0) is 48.6 Å². The quantitative estimate of drug-likeness (QED) is 0.734. The van der Waals surface area contributed by atoms with Crippen molar-refractivity contribution < 1.29 is 13.2 Å². The first kappa shape index (κ1) is 22.2. The van der Waals surface area contributed by atoms with Gasteiger partial charge in [0.2, 0.25) is 10.0 Å². The molecule has 1 fully saturated rings. The summed E-state index contributed by atoms with van der Waals surface area (Å²) in [5.41, 5.74) is 7.07. The van der Waals surface area contributed by atoms with E-state index in [9.17, 15) is 13.2 Å². The lowest BCUT2D eigenvalue weighted by molar-refractivity contribution is 0.102. The molecule has 2 atom stereocenters. The standard InChI is InChI=1S/C20H25N3O3S.ClH/c1-14-10-15(2)13-23(12-14)27(25,26)17-7-5-6-16(11-17)20(24)22-19-9-4-3-8-18(19)21;/h3-9,11,14-15H,10,12-13,21H2,1-2H3,(H,22,24);1H. The summed E-state index contributed by atoms with van der Waals surface area (Å²) in [7, 11) is -3.64. The van der Waals surface area contributed by atoms with Crippen LogP contribution in [0, 0.1) is 11.8 Å². The SMILES string of the molecule is CC1CC(C)CN(S(=O)(=O)c2cccc(C(=O)Nc3ccccc3N)c2)C1.Cl. The zero-order valence-electron chi connectivity index (χ0n) is 16.0. The average Bonchev–Trinajstić information content (AvgIpc) is 2.63. The number of amides is 1. The number of hydrogen-bond acceptors (Lipinski definition) is 4. The molecule has 0 radical (unpaired) electrons. The lowest BCUT2D eigenvalue weighted by Crippen LogP contribution is -2.42. The fourth-order valence-corrected chi connectivity index (χ4v) is 5.28. The van der Waals surface area contributed by atoms with E-state index in [-0.39, 0.29) is 22.9 Å². The van der Waals surface area contributed by atoms with Crippen molar-refractivity contribution in [3.63, 3.8) is 0 Å². The molecule has 0 saturated carbocycles. The second kappa shape index (κ2) is 8.94. The Kier molecular flexibility index (Phi) is 7.09. The zero-order valence-corrected chi connectivity index (χ0v) is 17.6. The number of piperidine rings is 1. The van der Waals surface area contributed by atoms with Gasteiger partial charge in [0.15, 0.2) is 0 Å². The molecule has 3 N–H and O–H groups in total. The Morgan fingerprint density at radius 1 is 1.07 bits per heavy atom. The van der Waals surface area contributed by atoms with Gasteiger partial charge in [0, 0.05) is 18.7 Å². The first-order valence-electron chi connectivity index (χ1n) is 9.03.